The molecule has 3 rings (SSSR count). The Kier molecular flexibility index (Phi) is 5.58. The van der Waals surface area contributed by atoms with Gasteiger partial charge in [0.25, 0.3) is 0 Å². The third kappa shape index (κ3) is 3.71. The van der Waals surface area contributed by atoms with Crippen molar-refractivity contribution in [1.29, 1.82) is 0 Å². The van der Waals surface area contributed by atoms with Gasteiger partial charge in [-0.2, -0.15) is 0 Å². The first kappa shape index (κ1) is 16.8. The van der Waals surface area contributed by atoms with Crippen molar-refractivity contribution in [2.45, 2.75) is 25.7 Å². The lowest BCUT2D eigenvalue weighted by molar-refractivity contribution is 0.195. The fourth-order valence-electron chi connectivity index (χ4n) is 2.71. The average molecular weight is 352 g/mol. The van der Waals surface area contributed by atoms with Crippen molar-refractivity contribution in [3.63, 3.8) is 0 Å². The molecule has 0 bridgehead atoms. The number of halogens is 1. The van der Waals surface area contributed by atoms with Crippen LogP contribution < -0.4 is 0 Å². The van der Waals surface area contributed by atoms with Crippen molar-refractivity contribution < 1.29 is 0 Å². The zero-order chi connectivity index (χ0) is 16.2. The first-order chi connectivity index (χ1) is 11.2. The molecule has 0 unspecified atom stereocenters. The highest BCUT2D eigenvalue weighted by Gasteiger charge is 2.23. The van der Waals surface area contributed by atoms with Gasteiger partial charge in [-0.25, -0.2) is 0 Å². The highest BCUT2D eigenvalue weighted by atomic mass is 35.5. The van der Waals surface area contributed by atoms with E-state index in [2.05, 4.69) is 38.4 Å². The zero-order valence-corrected chi connectivity index (χ0v) is 15.1. The van der Waals surface area contributed by atoms with Crippen LogP contribution in [-0.4, -0.2) is 56.6 Å². The van der Waals surface area contributed by atoms with Gasteiger partial charge < -0.3 is 4.90 Å². The molecule has 7 heteroatoms. The largest absolute Gasteiger partial charge is 0.303 e. The van der Waals surface area contributed by atoms with E-state index in [0.29, 0.717) is 5.02 Å². The second kappa shape index (κ2) is 7.66. The first-order valence-corrected chi connectivity index (χ1v) is 9.34. The van der Waals surface area contributed by atoms with E-state index in [4.69, 9.17) is 11.6 Å². The molecule has 1 aromatic carbocycles. The van der Waals surface area contributed by atoms with E-state index in [1.54, 1.807) is 11.8 Å². The van der Waals surface area contributed by atoms with Crippen LogP contribution in [0.25, 0.3) is 11.4 Å². The van der Waals surface area contributed by atoms with Crippen LogP contribution in [0.3, 0.4) is 0 Å². The minimum atomic E-state index is 0.716. The predicted molar refractivity (Wildman–Crippen MR) is 95.7 cm³/mol. The molecular weight excluding hydrogens is 330 g/mol. The first-order valence-electron chi connectivity index (χ1n) is 7.98. The maximum Gasteiger partial charge on any atom is 0.193 e. The third-order valence-electron chi connectivity index (χ3n) is 4.18. The molecule has 2 aromatic rings. The van der Waals surface area contributed by atoms with Gasteiger partial charge in [0.2, 0.25) is 0 Å². The van der Waals surface area contributed by atoms with Gasteiger partial charge in [-0.3, -0.25) is 9.47 Å². The smallest absolute Gasteiger partial charge is 0.193 e. The molecule has 0 N–H and O–H groups in total. The van der Waals surface area contributed by atoms with Crippen molar-refractivity contribution in [1.82, 2.24) is 24.6 Å². The maximum absolute atomic E-state index is 6.33. The van der Waals surface area contributed by atoms with Gasteiger partial charge in [0.05, 0.1) is 17.6 Å². The number of aromatic nitrogens is 3. The van der Waals surface area contributed by atoms with Crippen LogP contribution in [0.4, 0.5) is 0 Å². The van der Waals surface area contributed by atoms with Crippen LogP contribution in [0, 0.1) is 0 Å². The summed E-state index contributed by atoms with van der Waals surface area (Å²) in [5.41, 5.74) is 0.944. The summed E-state index contributed by atoms with van der Waals surface area (Å²) in [6, 6.07) is 7.81. The van der Waals surface area contributed by atoms with Crippen LogP contribution in [-0.2, 0) is 6.67 Å². The Morgan fingerprint density at radius 2 is 2.00 bits per heavy atom. The monoisotopic (exact) mass is 351 g/mol. The Bertz CT molecular complexity index is 656. The molecule has 0 aliphatic carbocycles. The Labute approximate surface area is 146 Å². The minimum Gasteiger partial charge on any atom is -0.303 e. The Morgan fingerprint density at radius 1 is 1.22 bits per heavy atom. The fraction of sp³-hybridized carbons (Fsp3) is 0.500. The van der Waals surface area contributed by atoms with Crippen molar-refractivity contribution >= 4 is 23.4 Å². The predicted octanol–water partition coefficient (Wildman–Crippen LogP) is 3.26. The number of nitrogens with zero attached hydrogens (tertiary/aromatic N) is 5. The summed E-state index contributed by atoms with van der Waals surface area (Å²) in [6.45, 7) is 9.57. The summed E-state index contributed by atoms with van der Waals surface area (Å²) in [4.78, 5) is 4.88. The summed E-state index contributed by atoms with van der Waals surface area (Å²) in [5, 5.41) is 10.4. The van der Waals surface area contributed by atoms with Crippen LogP contribution >= 0.6 is 23.4 Å². The van der Waals surface area contributed by atoms with Gasteiger partial charge in [0, 0.05) is 18.7 Å². The molecule has 1 aliphatic rings. The van der Waals surface area contributed by atoms with E-state index in [1.165, 1.54) is 0 Å². The summed E-state index contributed by atoms with van der Waals surface area (Å²) in [5.74, 6) is 1.81. The second-order valence-corrected chi connectivity index (χ2v) is 6.87. The molecule has 0 spiro atoms. The lowest BCUT2D eigenvalue weighted by Gasteiger charge is -2.30. The molecule has 0 saturated carbocycles. The number of hydrogen-bond donors (Lipinski definition) is 0. The highest BCUT2D eigenvalue weighted by molar-refractivity contribution is 7.99. The molecule has 5 nitrogen and oxygen atoms in total. The third-order valence-corrected chi connectivity index (χ3v) is 5.56. The lowest BCUT2D eigenvalue weighted by Crippen LogP contribution is -2.38. The number of thioether (sulfide) groups is 1. The van der Waals surface area contributed by atoms with Gasteiger partial charge in [-0.15, -0.1) is 10.2 Å². The summed E-state index contributed by atoms with van der Waals surface area (Å²) >= 11 is 8.07. The Hall–Kier alpha value is -1.08. The molecule has 2 heterocycles. The van der Waals surface area contributed by atoms with Gasteiger partial charge in [-0.05, 0) is 25.2 Å². The van der Waals surface area contributed by atoms with Gasteiger partial charge in [0.1, 0.15) is 0 Å². The molecule has 124 valence electrons. The highest BCUT2D eigenvalue weighted by Crippen LogP contribution is 2.31. The van der Waals surface area contributed by atoms with Crippen molar-refractivity contribution in [3.8, 4) is 11.4 Å². The molecule has 0 atom stereocenters. The topological polar surface area (TPSA) is 37.2 Å². The molecule has 0 fully saturated rings. The normalized spacial score (nSPS) is 15.1. The van der Waals surface area contributed by atoms with Gasteiger partial charge in [0.15, 0.2) is 11.0 Å². The van der Waals surface area contributed by atoms with Gasteiger partial charge >= 0.3 is 0 Å². The number of rotatable bonds is 6. The van der Waals surface area contributed by atoms with Crippen LogP contribution in [0.5, 0.6) is 0 Å². The number of benzene rings is 1. The van der Waals surface area contributed by atoms with E-state index in [9.17, 15) is 0 Å². The lowest BCUT2D eigenvalue weighted by atomic mass is 10.2. The zero-order valence-electron chi connectivity index (χ0n) is 13.6. The van der Waals surface area contributed by atoms with Crippen molar-refractivity contribution in [2.75, 3.05) is 32.1 Å². The van der Waals surface area contributed by atoms with E-state index in [-0.39, 0.29) is 0 Å². The maximum atomic E-state index is 6.33. The Morgan fingerprint density at radius 3 is 2.74 bits per heavy atom. The molecule has 0 radical (unpaired) electrons. The van der Waals surface area contributed by atoms with E-state index in [1.807, 2.05) is 24.3 Å². The van der Waals surface area contributed by atoms with Crippen molar-refractivity contribution in [3.05, 3.63) is 29.3 Å². The van der Waals surface area contributed by atoms with E-state index < -0.39 is 0 Å². The van der Waals surface area contributed by atoms with Crippen LogP contribution in [0.15, 0.2) is 29.4 Å². The number of likely N-dealkylation sites (N-methyl/N-ethyl adjacent to an activating group) is 1. The van der Waals surface area contributed by atoms with Gasteiger partial charge in [-0.1, -0.05) is 49.3 Å². The molecule has 1 aliphatic heterocycles. The summed E-state index contributed by atoms with van der Waals surface area (Å²) < 4.78 is 2.16. The van der Waals surface area contributed by atoms with E-state index in [0.717, 1.165) is 55.3 Å². The molecule has 23 heavy (non-hydrogen) atoms. The molecular formula is C16H22ClN5S. The SMILES string of the molecule is CCN(CC)CCN1CSc2nnc(-c3ccccc3Cl)n2C1. The summed E-state index contributed by atoms with van der Waals surface area (Å²) in [7, 11) is 0. The van der Waals surface area contributed by atoms with Crippen molar-refractivity contribution in [2.24, 2.45) is 0 Å². The second-order valence-electron chi connectivity index (χ2n) is 5.55. The number of hydrogen-bond acceptors (Lipinski definition) is 5. The average Bonchev–Trinajstić information content (AvgIpc) is 2.99. The molecule has 0 saturated heterocycles. The fourth-order valence-corrected chi connectivity index (χ4v) is 3.84. The number of fused-ring (bicyclic) bond motifs is 1. The van der Waals surface area contributed by atoms with Crippen LogP contribution in [0.2, 0.25) is 5.02 Å². The van der Waals surface area contributed by atoms with Crippen LogP contribution in [0.1, 0.15) is 13.8 Å². The molecule has 1 aromatic heterocycles. The minimum absolute atomic E-state index is 0.716. The quantitative estimate of drug-likeness (QED) is 0.798. The summed E-state index contributed by atoms with van der Waals surface area (Å²) in [6.07, 6.45) is 0. The standard InChI is InChI=1S/C16H22ClN5S/c1-3-20(4-2)9-10-21-11-22-15(18-19-16(22)23-12-21)13-7-5-6-8-14(13)17/h5-8H,3-4,9-12H2,1-2H3. The molecule has 0 amide bonds. The Balaban J connectivity index is 1.75. The van der Waals surface area contributed by atoms with E-state index >= 15 is 0 Å².